The van der Waals surface area contributed by atoms with E-state index in [1.54, 1.807) is 19.1 Å². The van der Waals surface area contributed by atoms with Gasteiger partial charge in [0.05, 0.1) is 27.5 Å². The quantitative estimate of drug-likeness (QED) is 0.296. The van der Waals surface area contributed by atoms with Crippen LogP contribution in [0.5, 0.6) is 17.4 Å². The molecule has 0 saturated heterocycles. The van der Waals surface area contributed by atoms with Crippen molar-refractivity contribution in [1.29, 1.82) is 0 Å². The third kappa shape index (κ3) is 2.94. The lowest BCUT2D eigenvalue weighted by atomic mass is 10.1. The van der Waals surface area contributed by atoms with E-state index in [0.29, 0.717) is 22.6 Å². The van der Waals surface area contributed by atoms with Crippen molar-refractivity contribution in [3.05, 3.63) is 64.3 Å². The van der Waals surface area contributed by atoms with Crippen LogP contribution in [0.15, 0.2) is 48.7 Å². The normalized spacial score (nSPS) is 10.9. The van der Waals surface area contributed by atoms with E-state index in [-0.39, 0.29) is 11.6 Å². The topological polar surface area (TPSA) is 128 Å². The minimum atomic E-state index is -1.45. The number of benzene rings is 2. The number of nitro benzene ring substituents is 1. The SMILES string of the molecule is Cc1c(OC(=O)O)ncc2[nH]c3cccc(Oc4ccc([N+](=O)[O-])cc4)c3c12. The van der Waals surface area contributed by atoms with Crippen molar-refractivity contribution >= 4 is 33.6 Å². The second-order valence-corrected chi connectivity index (χ2v) is 6.00. The van der Waals surface area contributed by atoms with Gasteiger partial charge in [-0.05, 0) is 31.2 Å². The van der Waals surface area contributed by atoms with Gasteiger partial charge in [0.25, 0.3) is 5.69 Å². The van der Waals surface area contributed by atoms with E-state index in [0.717, 1.165) is 16.3 Å². The number of carboxylic acid groups (broad SMARTS) is 1. The number of aromatic amines is 1. The molecule has 0 amide bonds. The number of pyridine rings is 1. The lowest BCUT2D eigenvalue weighted by molar-refractivity contribution is -0.384. The van der Waals surface area contributed by atoms with Crippen LogP contribution in [0.2, 0.25) is 0 Å². The molecule has 0 aliphatic heterocycles. The molecule has 0 atom stereocenters. The first-order valence-corrected chi connectivity index (χ1v) is 8.17. The Bertz CT molecular complexity index is 1230. The number of fused-ring (bicyclic) bond motifs is 3. The smallest absolute Gasteiger partial charge is 0.457 e. The third-order valence-electron chi connectivity index (χ3n) is 4.28. The summed E-state index contributed by atoms with van der Waals surface area (Å²) >= 11 is 0. The van der Waals surface area contributed by atoms with Gasteiger partial charge in [0.1, 0.15) is 11.5 Å². The number of nitro groups is 1. The van der Waals surface area contributed by atoms with E-state index in [9.17, 15) is 14.9 Å². The minimum absolute atomic E-state index is 0.00830. The second-order valence-electron chi connectivity index (χ2n) is 6.00. The van der Waals surface area contributed by atoms with Gasteiger partial charge in [-0.15, -0.1) is 0 Å². The zero-order valence-electron chi connectivity index (χ0n) is 14.5. The van der Waals surface area contributed by atoms with Crippen molar-refractivity contribution in [2.45, 2.75) is 6.92 Å². The van der Waals surface area contributed by atoms with Crippen LogP contribution in [0, 0.1) is 17.0 Å². The Morgan fingerprint density at radius 3 is 2.57 bits per heavy atom. The van der Waals surface area contributed by atoms with Crippen LogP contribution in [0.4, 0.5) is 10.5 Å². The maximum Gasteiger partial charge on any atom is 0.512 e. The van der Waals surface area contributed by atoms with Crippen molar-refractivity contribution in [3.63, 3.8) is 0 Å². The Morgan fingerprint density at radius 2 is 1.89 bits per heavy atom. The molecule has 4 aromatic rings. The fourth-order valence-corrected chi connectivity index (χ4v) is 3.08. The number of carbonyl (C=O) groups is 1. The summed E-state index contributed by atoms with van der Waals surface area (Å²) in [6.07, 6.45) is 0.0492. The van der Waals surface area contributed by atoms with Gasteiger partial charge in [0.2, 0.25) is 5.88 Å². The Kier molecular flexibility index (Phi) is 4.04. The molecule has 0 radical (unpaired) electrons. The van der Waals surface area contributed by atoms with Gasteiger partial charge in [-0.3, -0.25) is 10.1 Å². The Balaban J connectivity index is 1.85. The highest BCUT2D eigenvalue weighted by atomic mass is 16.7. The van der Waals surface area contributed by atoms with Gasteiger partial charge >= 0.3 is 6.16 Å². The van der Waals surface area contributed by atoms with E-state index >= 15 is 0 Å². The predicted molar refractivity (Wildman–Crippen MR) is 100 cm³/mol. The molecule has 2 N–H and O–H groups in total. The molecular weight excluding hydrogens is 366 g/mol. The first-order valence-electron chi connectivity index (χ1n) is 8.17. The maximum absolute atomic E-state index is 10.9. The van der Waals surface area contributed by atoms with Crippen LogP contribution in [-0.4, -0.2) is 26.2 Å². The fourth-order valence-electron chi connectivity index (χ4n) is 3.08. The highest BCUT2D eigenvalue weighted by Crippen LogP contribution is 2.39. The minimum Gasteiger partial charge on any atom is -0.457 e. The molecule has 0 bridgehead atoms. The molecule has 2 aromatic heterocycles. The summed E-state index contributed by atoms with van der Waals surface area (Å²) in [6, 6.07) is 11.2. The summed E-state index contributed by atoms with van der Waals surface area (Å²) in [4.78, 5) is 28.5. The van der Waals surface area contributed by atoms with E-state index in [1.165, 1.54) is 30.5 Å². The molecule has 0 spiro atoms. The number of rotatable bonds is 4. The van der Waals surface area contributed by atoms with Crippen LogP contribution >= 0.6 is 0 Å². The lowest BCUT2D eigenvalue weighted by Crippen LogP contribution is -2.05. The van der Waals surface area contributed by atoms with Gasteiger partial charge in [0.15, 0.2) is 0 Å². The highest BCUT2D eigenvalue weighted by molar-refractivity contribution is 6.12. The van der Waals surface area contributed by atoms with Crippen molar-refractivity contribution < 1.29 is 24.3 Å². The third-order valence-corrected chi connectivity index (χ3v) is 4.28. The number of hydrogen-bond donors (Lipinski definition) is 2. The van der Waals surface area contributed by atoms with Gasteiger partial charge in [-0.25, -0.2) is 9.78 Å². The molecule has 140 valence electrons. The van der Waals surface area contributed by atoms with Crippen molar-refractivity contribution in [1.82, 2.24) is 9.97 Å². The standard InChI is InChI=1S/C19H13N3O6/c1-10-16-14(9-20-18(10)28-19(23)24)21-13-3-2-4-15(17(13)16)27-12-7-5-11(6-8-12)22(25)26/h2-9,21H,1H3,(H,23,24). The lowest BCUT2D eigenvalue weighted by Gasteiger charge is -2.09. The van der Waals surface area contributed by atoms with Crippen LogP contribution in [0.1, 0.15) is 5.56 Å². The molecule has 9 nitrogen and oxygen atoms in total. The molecule has 0 aliphatic carbocycles. The summed E-state index contributed by atoms with van der Waals surface area (Å²) < 4.78 is 10.7. The molecule has 28 heavy (non-hydrogen) atoms. The van der Waals surface area contributed by atoms with E-state index in [2.05, 4.69) is 9.97 Å². The maximum atomic E-state index is 10.9. The number of aryl methyl sites for hydroxylation is 1. The Hall–Kier alpha value is -4.14. The highest BCUT2D eigenvalue weighted by Gasteiger charge is 2.17. The monoisotopic (exact) mass is 379 g/mol. The van der Waals surface area contributed by atoms with Gasteiger partial charge in [-0.2, -0.15) is 0 Å². The first-order chi connectivity index (χ1) is 13.4. The largest absolute Gasteiger partial charge is 0.512 e. The fraction of sp³-hybridized carbons (Fsp3) is 0.0526. The Morgan fingerprint density at radius 1 is 1.14 bits per heavy atom. The summed E-state index contributed by atoms with van der Waals surface area (Å²) in [5.41, 5.74) is 1.98. The second kappa shape index (κ2) is 6.54. The summed E-state index contributed by atoms with van der Waals surface area (Å²) in [7, 11) is 0. The van der Waals surface area contributed by atoms with Gasteiger partial charge < -0.3 is 19.6 Å². The number of H-pyrrole nitrogens is 1. The number of nitrogens with zero attached hydrogens (tertiary/aromatic N) is 2. The van der Waals surface area contributed by atoms with Gasteiger partial charge in [-0.1, -0.05) is 6.07 Å². The van der Waals surface area contributed by atoms with Crippen molar-refractivity contribution in [2.24, 2.45) is 0 Å². The molecule has 4 rings (SSSR count). The van der Waals surface area contributed by atoms with E-state index < -0.39 is 11.1 Å². The molecule has 0 fully saturated rings. The zero-order chi connectivity index (χ0) is 19.8. The molecule has 9 heteroatoms. The summed E-state index contributed by atoms with van der Waals surface area (Å²) in [6.45, 7) is 1.71. The molecule has 0 saturated carbocycles. The number of non-ortho nitro benzene ring substituents is 1. The summed E-state index contributed by atoms with van der Waals surface area (Å²) in [5.74, 6) is 0.931. The number of hydrogen-bond acceptors (Lipinski definition) is 6. The van der Waals surface area contributed by atoms with Crippen molar-refractivity contribution in [2.75, 3.05) is 0 Å². The molecule has 2 heterocycles. The van der Waals surface area contributed by atoms with Crippen LogP contribution in [0.25, 0.3) is 21.8 Å². The van der Waals surface area contributed by atoms with Crippen LogP contribution in [-0.2, 0) is 0 Å². The van der Waals surface area contributed by atoms with E-state index in [1.807, 2.05) is 6.07 Å². The molecular formula is C19H13N3O6. The predicted octanol–water partition coefficient (Wildman–Crippen LogP) is 4.78. The first kappa shape index (κ1) is 17.3. The number of nitrogens with one attached hydrogen (secondary N) is 1. The van der Waals surface area contributed by atoms with Gasteiger partial charge in [0, 0.05) is 23.1 Å². The number of ether oxygens (including phenoxy) is 2. The van der Waals surface area contributed by atoms with E-state index in [4.69, 9.17) is 14.6 Å². The van der Waals surface area contributed by atoms with Crippen molar-refractivity contribution in [3.8, 4) is 17.4 Å². The molecule has 2 aromatic carbocycles. The van der Waals surface area contributed by atoms with Crippen LogP contribution < -0.4 is 9.47 Å². The average Bonchev–Trinajstić information content (AvgIpc) is 3.04. The zero-order valence-corrected chi connectivity index (χ0v) is 14.5. The van der Waals surface area contributed by atoms with Crippen LogP contribution in [0.3, 0.4) is 0 Å². The molecule has 0 unspecified atom stereocenters. The molecule has 0 aliphatic rings. The average molecular weight is 379 g/mol. The summed E-state index contributed by atoms with van der Waals surface area (Å²) in [5, 5.41) is 21.1. The number of aromatic nitrogens is 2. The Labute approximate surface area is 157 Å².